The minimum absolute atomic E-state index is 0.0111. The van der Waals surface area contributed by atoms with Gasteiger partial charge in [0.15, 0.2) is 6.10 Å². The van der Waals surface area contributed by atoms with Crippen molar-refractivity contribution in [3.8, 4) is 0 Å². The van der Waals surface area contributed by atoms with Crippen LogP contribution >= 0.6 is 0 Å². The van der Waals surface area contributed by atoms with Gasteiger partial charge in [0, 0.05) is 19.3 Å². The summed E-state index contributed by atoms with van der Waals surface area (Å²) >= 11 is 0. The molecule has 0 aliphatic carbocycles. The molecular formula is C60H97NO7. The normalized spacial score (nSPS) is 13.8. The molecule has 0 amide bonds. The minimum atomic E-state index is -1.14. The van der Waals surface area contributed by atoms with Crippen molar-refractivity contribution < 1.29 is 38.2 Å². The van der Waals surface area contributed by atoms with E-state index in [-0.39, 0.29) is 49.1 Å². The predicted molar refractivity (Wildman–Crippen MR) is 286 cm³/mol. The molecule has 0 fully saturated rings. The highest BCUT2D eigenvalue weighted by atomic mass is 16.6. The maximum Gasteiger partial charge on any atom is 0.306 e. The zero-order chi connectivity index (χ0) is 49.9. The van der Waals surface area contributed by atoms with E-state index < -0.39 is 18.1 Å². The van der Waals surface area contributed by atoms with Crippen LogP contribution in [0.4, 0.5) is 0 Å². The van der Waals surface area contributed by atoms with Crippen LogP contribution in [0.1, 0.15) is 187 Å². The topological polar surface area (TPSA) is 102 Å². The lowest BCUT2D eigenvalue weighted by molar-refractivity contribution is -0.889. The van der Waals surface area contributed by atoms with Crippen molar-refractivity contribution in [2.24, 2.45) is 0 Å². The maximum atomic E-state index is 12.8. The van der Waals surface area contributed by atoms with Crippen molar-refractivity contribution >= 4 is 17.9 Å². The Morgan fingerprint density at radius 2 is 0.824 bits per heavy atom. The number of carboxylic acid groups (broad SMARTS) is 1. The van der Waals surface area contributed by atoms with Gasteiger partial charge in [-0.15, -0.1) is 0 Å². The van der Waals surface area contributed by atoms with Crippen LogP contribution < -0.4 is 5.11 Å². The number of quaternary nitrogens is 1. The van der Waals surface area contributed by atoms with E-state index in [0.717, 1.165) is 103 Å². The van der Waals surface area contributed by atoms with Crippen LogP contribution in [0.3, 0.4) is 0 Å². The lowest BCUT2D eigenvalue weighted by Crippen LogP contribution is -2.55. The molecule has 384 valence electrons. The van der Waals surface area contributed by atoms with Crippen LogP contribution in [0.5, 0.6) is 0 Å². The Balaban J connectivity index is 4.37. The van der Waals surface area contributed by atoms with Crippen molar-refractivity contribution in [2.45, 2.75) is 199 Å². The SMILES string of the molecule is CC/C=C/C/C=C/C/C=C/C/C=C/C/C=C/CCCCCCCCCC(=O)OCC(COCCC(C(=O)[O-])[N+](C)(C)C)OC(=O)CCCC/C=C/C/C=C/C/C=C/C/C=C/C/C=C/CCCCC. The summed E-state index contributed by atoms with van der Waals surface area (Å²) < 4.78 is 17.2. The lowest BCUT2D eigenvalue weighted by Gasteiger charge is -2.34. The number of aliphatic carboxylic acids is 1. The number of ether oxygens (including phenoxy) is 3. The van der Waals surface area contributed by atoms with Crippen LogP contribution in [-0.4, -0.2) is 75.5 Å². The Morgan fingerprint density at radius 3 is 1.25 bits per heavy atom. The Bertz CT molecular complexity index is 1520. The number of rotatable bonds is 46. The fourth-order valence-corrected chi connectivity index (χ4v) is 7.00. The quantitative estimate of drug-likeness (QED) is 0.0259. The zero-order valence-electron chi connectivity index (χ0n) is 43.7. The first kappa shape index (κ1) is 63.7. The molecule has 0 saturated heterocycles. The lowest BCUT2D eigenvalue weighted by atomic mass is 10.1. The van der Waals surface area contributed by atoms with E-state index in [2.05, 4.69) is 135 Å². The molecule has 0 N–H and O–H groups in total. The van der Waals surface area contributed by atoms with Crippen LogP contribution in [0, 0.1) is 0 Å². The molecule has 2 atom stereocenters. The van der Waals surface area contributed by atoms with Gasteiger partial charge < -0.3 is 28.6 Å². The molecular weight excluding hydrogens is 847 g/mol. The number of hydrogen-bond acceptors (Lipinski definition) is 7. The summed E-state index contributed by atoms with van der Waals surface area (Å²) in [7, 11) is 5.38. The molecule has 0 aromatic rings. The van der Waals surface area contributed by atoms with Crippen LogP contribution in [0.25, 0.3) is 0 Å². The number of unbranched alkanes of at least 4 members (excludes halogenated alkanes) is 12. The van der Waals surface area contributed by atoms with E-state index in [4.69, 9.17) is 14.2 Å². The third-order valence-electron chi connectivity index (χ3n) is 11.1. The van der Waals surface area contributed by atoms with Gasteiger partial charge in [-0.3, -0.25) is 9.59 Å². The fourth-order valence-electron chi connectivity index (χ4n) is 7.00. The van der Waals surface area contributed by atoms with Crippen molar-refractivity contribution in [3.05, 3.63) is 122 Å². The first-order valence-electron chi connectivity index (χ1n) is 26.6. The number of allylic oxidation sites excluding steroid dienone is 20. The number of carbonyl (C=O) groups excluding carboxylic acids is 3. The van der Waals surface area contributed by atoms with E-state index >= 15 is 0 Å². The van der Waals surface area contributed by atoms with Gasteiger partial charge in [-0.1, -0.05) is 180 Å². The van der Waals surface area contributed by atoms with E-state index in [1.807, 2.05) is 0 Å². The van der Waals surface area contributed by atoms with Gasteiger partial charge in [0.25, 0.3) is 0 Å². The highest BCUT2D eigenvalue weighted by Crippen LogP contribution is 2.13. The Labute approximate surface area is 416 Å². The average molecular weight is 944 g/mol. The van der Waals surface area contributed by atoms with Gasteiger partial charge in [-0.05, 0) is 109 Å². The van der Waals surface area contributed by atoms with E-state index in [9.17, 15) is 19.5 Å². The number of carboxylic acids is 1. The molecule has 0 radical (unpaired) electrons. The Morgan fingerprint density at radius 1 is 0.456 bits per heavy atom. The molecule has 8 heteroatoms. The Hall–Kier alpha value is -4.27. The van der Waals surface area contributed by atoms with Gasteiger partial charge in [0.1, 0.15) is 12.6 Å². The summed E-state index contributed by atoms with van der Waals surface area (Å²) in [5.41, 5.74) is 0. The molecule has 0 aromatic carbocycles. The summed E-state index contributed by atoms with van der Waals surface area (Å²) in [5, 5.41) is 11.7. The third-order valence-corrected chi connectivity index (χ3v) is 11.1. The van der Waals surface area contributed by atoms with Crippen LogP contribution in [0.2, 0.25) is 0 Å². The van der Waals surface area contributed by atoms with Gasteiger partial charge in [0.2, 0.25) is 0 Å². The number of hydrogen-bond donors (Lipinski definition) is 0. The molecule has 0 bridgehead atoms. The second-order valence-electron chi connectivity index (χ2n) is 18.4. The summed E-state index contributed by atoms with van der Waals surface area (Å²) in [6.07, 6.45) is 69.4. The highest BCUT2D eigenvalue weighted by molar-refractivity contribution is 5.70. The first-order valence-corrected chi connectivity index (χ1v) is 26.6. The molecule has 0 aliphatic rings. The fraction of sp³-hybridized carbons (Fsp3) is 0.617. The van der Waals surface area contributed by atoms with Crippen molar-refractivity contribution in [1.29, 1.82) is 0 Å². The molecule has 0 spiro atoms. The number of esters is 2. The smallest absolute Gasteiger partial charge is 0.306 e. The van der Waals surface area contributed by atoms with E-state index in [1.54, 1.807) is 21.1 Å². The maximum absolute atomic E-state index is 12.8. The minimum Gasteiger partial charge on any atom is -0.544 e. The predicted octanol–water partition coefficient (Wildman–Crippen LogP) is 14.4. The van der Waals surface area contributed by atoms with Gasteiger partial charge >= 0.3 is 11.9 Å². The van der Waals surface area contributed by atoms with Crippen molar-refractivity contribution in [2.75, 3.05) is 41.0 Å². The highest BCUT2D eigenvalue weighted by Gasteiger charge is 2.25. The Kier molecular flexibility index (Phi) is 46.1. The summed E-state index contributed by atoms with van der Waals surface area (Å²) in [5.74, 6) is -1.82. The number of likely N-dealkylation sites (N-methyl/N-ethyl adjacent to an activating group) is 1. The third kappa shape index (κ3) is 46.8. The molecule has 0 heterocycles. The average Bonchev–Trinajstić information content (AvgIpc) is 3.30. The summed E-state index contributed by atoms with van der Waals surface area (Å²) in [6.45, 7) is 4.45. The summed E-state index contributed by atoms with van der Waals surface area (Å²) in [6, 6.07) is -0.745. The van der Waals surface area contributed by atoms with E-state index in [1.165, 1.54) is 44.9 Å². The first-order chi connectivity index (χ1) is 33.1. The van der Waals surface area contributed by atoms with Gasteiger partial charge in [0.05, 0.1) is 40.3 Å². The van der Waals surface area contributed by atoms with Gasteiger partial charge in [-0.25, -0.2) is 0 Å². The monoisotopic (exact) mass is 944 g/mol. The number of carbonyl (C=O) groups is 3. The summed E-state index contributed by atoms with van der Waals surface area (Å²) in [4.78, 5) is 37.1. The molecule has 0 aromatic heterocycles. The molecule has 0 rings (SSSR count). The molecule has 2 unspecified atom stereocenters. The van der Waals surface area contributed by atoms with Crippen LogP contribution in [0.15, 0.2) is 122 Å². The second kappa shape index (κ2) is 49.2. The second-order valence-corrected chi connectivity index (χ2v) is 18.4. The number of nitrogens with zero attached hydrogens (tertiary/aromatic N) is 1. The zero-order valence-corrected chi connectivity index (χ0v) is 43.7. The van der Waals surface area contributed by atoms with E-state index in [0.29, 0.717) is 12.8 Å². The van der Waals surface area contributed by atoms with Crippen LogP contribution in [-0.2, 0) is 28.6 Å². The van der Waals surface area contributed by atoms with Crippen molar-refractivity contribution in [1.82, 2.24) is 0 Å². The van der Waals surface area contributed by atoms with Gasteiger partial charge in [-0.2, -0.15) is 0 Å². The molecule has 8 nitrogen and oxygen atoms in total. The largest absolute Gasteiger partial charge is 0.544 e. The standard InChI is InChI=1S/C60H97NO7/c1-6-8-10-12-14-16-18-20-22-24-26-28-29-31-32-34-36-38-40-42-44-46-48-50-58(62)67-55-56(54-66-53-52-57(60(64)65)61(3,4)5)68-59(63)51-49-47-45-43-41-39-37-35-33-30-27-25-23-21-19-17-15-13-11-9-7-2/h8,10,14-17,20-23,26-28,30-32,35,37,41,43,56-57H,6-7,9,11-13,18-19,24-25,29,33-34,36,38-40,42,44-55H2,1-5H3/b10-8+,16-14+,17-15+,22-20+,23-21+,28-26+,30-27+,32-31+,37-35+,43-41+. The molecule has 0 saturated carbocycles. The molecule has 68 heavy (non-hydrogen) atoms. The molecule has 0 aliphatic heterocycles. The van der Waals surface area contributed by atoms with Crippen molar-refractivity contribution in [3.63, 3.8) is 0 Å².